The molecule has 2 heteroatoms. The average Bonchev–Trinajstić information content (AvgIpc) is 2.24. The van der Waals surface area contributed by atoms with E-state index in [-0.39, 0.29) is 12.1 Å². The highest BCUT2D eigenvalue weighted by Crippen LogP contribution is 2.21. The van der Waals surface area contributed by atoms with Crippen molar-refractivity contribution in [1.29, 1.82) is 0 Å². The van der Waals surface area contributed by atoms with Crippen LogP contribution < -0.4 is 5.73 Å². The smallest absolute Gasteiger partial charge is 0.0761 e. The second-order valence-corrected chi connectivity index (χ2v) is 4.66. The molecule has 0 aliphatic heterocycles. The lowest BCUT2D eigenvalue weighted by atomic mass is 9.92. The number of ether oxygens (including phenoxy) is 1. The number of allylic oxidation sites excluding steroid dienone is 1. The Morgan fingerprint density at radius 2 is 2.00 bits per heavy atom. The molecule has 2 nitrogen and oxygen atoms in total. The molecule has 1 aliphatic carbocycles. The third-order valence-electron chi connectivity index (χ3n) is 3.44. The second kappa shape index (κ2) is 7.86. The van der Waals surface area contributed by atoms with E-state index < -0.39 is 0 Å². The van der Waals surface area contributed by atoms with Gasteiger partial charge in [0.15, 0.2) is 0 Å². The molecule has 0 aromatic heterocycles. The first kappa shape index (κ1) is 13.7. The van der Waals surface area contributed by atoms with Crippen LogP contribution in [0.3, 0.4) is 0 Å². The standard InChI is InChI=1S/C14H27NO/c1-3-13(16-4-2)14(15)12-10-8-6-5-7-9-11-12/h10,13-14H,3-9,11,15H2,1-2H3. The lowest BCUT2D eigenvalue weighted by molar-refractivity contribution is 0.0485. The van der Waals surface area contributed by atoms with Gasteiger partial charge in [0.05, 0.1) is 12.1 Å². The molecule has 0 aromatic carbocycles. The molecule has 2 unspecified atom stereocenters. The van der Waals surface area contributed by atoms with Gasteiger partial charge in [0.1, 0.15) is 0 Å². The third kappa shape index (κ3) is 4.26. The van der Waals surface area contributed by atoms with Gasteiger partial charge in [0, 0.05) is 6.61 Å². The van der Waals surface area contributed by atoms with E-state index in [1.165, 1.54) is 44.1 Å². The van der Waals surface area contributed by atoms with Crippen molar-refractivity contribution < 1.29 is 4.74 Å². The monoisotopic (exact) mass is 225 g/mol. The first-order chi connectivity index (χ1) is 7.79. The first-order valence-corrected chi connectivity index (χ1v) is 6.85. The molecule has 2 N–H and O–H groups in total. The fourth-order valence-electron chi connectivity index (χ4n) is 2.45. The fraction of sp³-hybridized carbons (Fsp3) is 0.857. The Bertz CT molecular complexity index is 213. The summed E-state index contributed by atoms with van der Waals surface area (Å²) in [4.78, 5) is 0. The van der Waals surface area contributed by atoms with Crippen LogP contribution in [0.2, 0.25) is 0 Å². The largest absolute Gasteiger partial charge is 0.377 e. The van der Waals surface area contributed by atoms with Crippen LogP contribution in [-0.2, 0) is 4.74 Å². The summed E-state index contributed by atoms with van der Waals surface area (Å²) in [6.45, 7) is 4.96. The lowest BCUT2D eigenvalue weighted by Crippen LogP contribution is -2.38. The molecule has 1 aliphatic rings. The zero-order chi connectivity index (χ0) is 11.8. The number of hydrogen-bond acceptors (Lipinski definition) is 2. The van der Waals surface area contributed by atoms with Crippen molar-refractivity contribution in [2.45, 2.75) is 70.9 Å². The van der Waals surface area contributed by atoms with Gasteiger partial charge in [0.25, 0.3) is 0 Å². The minimum Gasteiger partial charge on any atom is -0.377 e. The maximum Gasteiger partial charge on any atom is 0.0761 e. The van der Waals surface area contributed by atoms with Gasteiger partial charge in [-0.25, -0.2) is 0 Å². The summed E-state index contributed by atoms with van der Waals surface area (Å²) >= 11 is 0. The zero-order valence-electron chi connectivity index (χ0n) is 10.9. The van der Waals surface area contributed by atoms with Crippen molar-refractivity contribution in [3.05, 3.63) is 11.6 Å². The van der Waals surface area contributed by atoms with E-state index in [2.05, 4.69) is 13.0 Å². The quantitative estimate of drug-likeness (QED) is 0.728. The first-order valence-electron chi connectivity index (χ1n) is 6.85. The molecule has 0 spiro atoms. The van der Waals surface area contributed by atoms with Gasteiger partial charge in [-0.05, 0) is 39.0 Å². The molecule has 0 radical (unpaired) electrons. The zero-order valence-corrected chi connectivity index (χ0v) is 10.9. The van der Waals surface area contributed by atoms with Gasteiger partial charge in [-0.3, -0.25) is 0 Å². The summed E-state index contributed by atoms with van der Waals surface area (Å²) in [5.41, 5.74) is 7.75. The summed E-state index contributed by atoms with van der Waals surface area (Å²) in [6, 6.07) is 0.114. The second-order valence-electron chi connectivity index (χ2n) is 4.66. The van der Waals surface area contributed by atoms with E-state index in [9.17, 15) is 0 Å². The van der Waals surface area contributed by atoms with E-state index in [0.717, 1.165) is 13.0 Å². The van der Waals surface area contributed by atoms with Crippen molar-refractivity contribution in [2.24, 2.45) is 5.73 Å². The van der Waals surface area contributed by atoms with Crippen LogP contribution in [0.15, 0.2) is 11.6 Å². The van der Waals surface area contributed by atoms with Crippen molar-refractivity contribution in [2.75, 3.05) is 6.61 Å². The molecule has 0 bridgehead atoms. The van der Waals surface area contributed by atoms with Gasteiger partial charge in [-0.15, -0.1) is 0 Å². The summed E-state index contributed by atoms with van der Waals surface area (Å²) in [5, 5.41) is 0. The van der Waals surface area contributed by atoms with Crippen molar-refractivity contribution in [3.8, 4) is 0 Å². The van der Waals surface area contributed by atoms with Crippen LogP contribution >= 0.6 is 0 Å². The Kier molecular flexibility index (Phi) is 6.74. The molecule has 0 aromatic rings. The fourth-order valence-corrected chi connectivity index (χ4v) is 2.45. The van der Waals surface area contributed by atoms with Crippen molar-refractivity contribution in [1.82, 2.24) is 0 Å². The molecule has 0 fully saturated rings. The predicted octanol–water partition coefficient (Wildman–Crippen LogP) is 3.41. The molecule has 0 saturated heterocycles. The molecule has 94 valence electrons. The Balaban J connectivity index is 2.57. The van der Waals surface area contributed by atoms with Gasteiger partial charge in [-0.2, -0.15) is 0 Å². The lowest BCUT2D eigenvalue weighted by Gasteiger charge is -2.26. The van der Waals surface area contributed by atoms with Crippen LogP contribution in [0.1, 0.15) is 58.8 Å². The van der Waals surface area contributed by atoms with Crippen LogP contribution in [0.5, 0.6) is 0 Å². The summed E-state index contributed by atoms with van der Waals surface area (Å²) in [5.74, 6) is 0. The molecule has 0 heterocycles. The number of nitrogens with two attached hydrogens (primary N) is 1. The normalized spacial score (nSPS) is 21.8. The third-order valence-corrected chi connectivity index (χ3v) is 3.44. The maximum absolute atomic E-state index is 6.32. The topological polar surface area (TPSA) is 35.2 Å². The Morgan fingerprint density at radius 1 is 1.25 bits per heavy atom. The molecule has 16 heavy (non-hydrogen) atoms. The van der Waals surface area contributed by atoms with Gasteiger partial charge >= 0.3 is 0 Å². The average molecular weight is 225 g/mol. The van der Waals surface area contributed by atoms with Crippen LogP contribution in [0, 0.1) is 0 Å². The van der Waals surface area contributed by atoms with Gasteiger partial charge < -0.3 is 10.5 Å². The minimum atomic E-state index is 0.114. The Morgan fingerprint density at radius 3 is 2.69 bits per heavy atom. The molecule has 0 saturated carbocycles. The van der Waals surface area contributed by atoms with Gasteiger partial charge in [-0.1, -0.05) is 31.4 Å². The number of rotatable bonds is 5. The van der Waals surface area contributed by atoms with Crippen molar-refractivity contribution >= 4 is 0 Å². The molecular formula is C14H27NO. The molecule has 0 amide bonds. The van der Waals surface area contributed by atoms with Crippen molar-refractivity contribution in [3.63, 3.8) is 0 Å². The van der Waals surface area contributed by atoms with Gasteiger partial charge in [0.2, 0.25) is 0 Å². The van der Waals surface area contributed by atoms with Crippen LogP contribution in [0.4, 0.5) is 0 Å². The van der Waals surface area contributed by atoms with E-state index in [0.29, 0.717) is 0 Å². The van der Waals surface area contributed by atoms with E-state index in [4.69, 9.17) is 10.5 Å². The van der Waals surface area contributed by atoms with E-state index in [1.54, 1.807) is 0 Å². The van der Waals surface area contributed by atoms with E-state index in [1.807, 2.05) is 6.92 Å². The maximum atomic E-state index is 6.32. The molecule has 2 atom stereocenters. The number of hydrogen-bond donors (Lipinski definition) is 1. The Labute approximate surface area is 100 Å². The van der Waals surface area contributed by atoms with Crippen LogP contribution in [0.25, 0.3) is 0 Å². The molecular weight excluding hydrogens is 198 g/mol. The minimum absolute atomic E-state index is 0.114. The Hall–Kier alpha value is -0.340. The molecule has 1 rings (SSSR count). The highest BCUT2D eigenvalue weighted by Gasteiger charge is 2.20. The summed E-state index contributed by atoms with van der Waals surface area (Å²) < 4.78 is 5.71. The summed E-state index contributed by atoms with van der Waals surface area (Å²) in [6.07, 6.45) is 11.3. The SMILES string of the molecule is CCOC(CC)C(N)C1=CCCCCCC1. The highest BCUT2D eigenvalue weighted by atomic mass is 16.5. The predicted molar refractivity (Wildman–Crippen MR) is 69.5 cm³/mol. The van der Waals surface area contributed by atoms with E-state index >= 15 is 0 Å². The van der Waals surface area contributed by atoms with Crippen LogP contribution in [-0.4, -0.2) is 18.8 Å². The highest BCUT2D eigenvalue weighted by molar-refractivity contribution is 5.13. The summed E-state index contributed by atoms with van der Waals surface area (Å²) in [7, 11) is 0.